The molecule has 2 saturated carbocycles. The summed E-state index contributed by atoms with van der Waals surface area (Å²) in [5.74, 6) is 1.79. The Morgan fingerprint density at radius 2 is 1.13 bits per heavy atom. The number of rotatable bonds is 17. The van der Waals surface area contributed by atoms with Crippen LogP contribution in [-0.4, -0.2) is 58.4 Å². The fourth-order valence-electron chi connectivity index (χ4n) is 7.81. The Morgan fingerprint density at radius 1 is 0.651 bits per heavy atom. The SMILES string of the molecule is COc1cc(Cc2cn(CC3CC3)nc2C)n(-c2ccc(F)cc2[C@@H](C)O)n1.COc1cc(Cc2cn(CC3CC3)nc2C)n(-c2ccc(F)cc2[C@@H](C)OCc2ccccc2)n1. The zero-order valence-electron chi connectivity index (χ0n) is 36.8. The fraction of sp³-hybridized carbons (Fsp3) is 0.388. The second-order valence-corrected chi connectivity index (χ2v) is 16.9. The van der Waals surface area contributed by atoms with Crippen LogP contribution in [0.2, 0.25) is 0 Å². The molecular weight excluding hydrogens is 803 g/mol. The third-order valence-electron chi connectivity index (χ3n) is 11.7. The van der Waals surface area contributed by atoms with E-state index in [1.807, 2.05) is 72.6 Å². The lowest BCUT2D eigenvalue weighted by molar-refractivity contribution is 0.0522. The zero-order valence-corrected chi connectivity index (χ0v) is 36.8. The predicted molar refractivity (Wildman–Crippen MR) is 235 cm³/mol. The van der Waals surface area contributed by atoms with E-state index >= 15 is 0 Å². The fourth-order valence-corrected chi connectivity index (χ4v) is 7.81. The molecule has 12 nitrogen and oxygen atoms in total. The summed E-state index contributed by atoms with van der Waals surface area (Å²) >= 11 is 0. The van der Waals surface area contributed by atoms with Crippen molar-refractivity contribution in [1.82, 2.24) is 39.1 Å². The minimum atomic E-state index is -0.822. The highest BCUT2D eigenvalue weighted by molar-refractivity contribution is 5.46. The molecule has 0 bridgehead atoms. The number of aliphatic hydroxyl groups excluding tert-OH is 1. The largest absolute Gasteiger partial charge is 0.480 e. The average Bonchev–Trinajstić information content (AvgIpc) is 4.12. The number of nitrogens with zero attached hydrogens (tertiary/aromatic N) is 8. The summed E-state index contributed by atoms with van der Waals surface area (Å²) in [6.45, 7) is 9.98. The molecule has 4 aromatic heterocycles. The van der Waals surface area contributed by atoms with Gasteiger partial charge in [0, 0.05) is 61.6 Å². The lowest BCUT2D eigenvalue weighted by atomic mass is 10.1. The number of aromatic nitrogens is 8. The van der Waals surface area contributed by atoms with E-state index in [-0.39, 0.29) is 11.9 Å². The molecule has 3 aromatic carbocycles. The van der Waals surface area contributed by atoms with Gasteiger partial charge in [-0.05, 0) is 118 Å². The van der Waals surface area contributed by atoms with Crippen LogP contribution in [0.5, 0.6) is 11.8 Å². The van der Waals surface area contributed by atoms with Gasteiger partial charge in [0.05, 0.1) is 67.2 Å². The van der Waals surface area contributed by atoms with Gasteiger partial charge in [0.25, 0.3) is 0 Å². The summed E-state index contributed by atoms with van der Waals surface area (Å²) in [6.07, 6.45) is 9.46. The van der Waals surface area contributed by atoms with E-state index in [1.165, 1.54) is 49.9 Å². The van der Waals surface area contributed by atoms with Crippen LogP contribution in [0.3, 0.4) is 0 Å². The quantitative estimate of drug-likeness (QED) is 0.0963. The van der Waals surface area contributed by atoms with Gasteiger partial charge in [-0.25, -0.2) is 18.1 Å². The summed E-state index contributed by atoms with van der Waals surface area (Å²) in [4.78, 5) is 0. The van der Waals surface area contributed by atoms with Gasteiger partial charge in [-0.15, -0.1) is 10.2 Å². The number of hydrogen-bond acceptors (Lipinski definition) is 8. The third-order valence-corrected chi connectivity index (χ3v) is 11.7. The molecule has 1 N–H and O–H groups in total. The molecule has 0 saturated heterocycles. The first-order valence-electron chi connectivity index (χ1n) is 21.7. The Morgan fingerprint density at radius 3 is 1.59 bits per heavy atom. The average molecular weight is 859 g/mol. The normalized spacial score (nSPS) is 14.6. The molecule has 0 unspecified atom stereocenters. The van der Waals surface area contributed by atoms with Gasteiger partial charge in [-0.2, -0.15) is 10.2 Å². The lowest BCUT2D eigenvalue weighted by Gasteiger charge is -2.19. The zero-order chi connectivity index (χ0) is 44.2. The van der Waals surface area contributed by atoms with Crippen LogP contribution in [-0.2, 0) is 37.3 Å². The highest BCUT2D eigenvalue weighted by Crippen LogP contribution is 2.33. The van der Waals surface area contributed by atoms with Crippen molar-refractivity contribution < 1.29 is 28.1 Å². The highest BCUT2D eigenvalue weighted by atomic mass is 19.1. The Kier molecular flexibility index (Phi) is 13.2. The Labute approximate surface area is 367 Å². The van der Waals surface area contributed by atoms with Crippen LogP contribution in [0, 0.1) is 37.3 Å². The topological polar surface area (TPSA) is 119 Å². The summed E-state index contributed by atoms with van der Waals surface area (Å²) in [5, 5.41) is 28.6. The molecule has 2 aliphatic rings. The molecular formula is C49H56F2N8O4. The standard InChI is InChI=1S/C28H31FN4O2.C21H25FN4O2/c1-19-23(17-32(30-19)16-21-9-10-21)13-25-15-28(34-3)31-33(25)27-12-11-24(29)14-26(27)20(2)35-18-22-7-5-4-6-8-22;1-13-16(12-25(23-13)11-15-4-5-15)8-18-10-21(28-3)24-26(18)20-7-6-17(22)9-19(20)14(2)27/h4-8,11-12,14-15,17,20-21H,9-10,13,16,18H2,1-3H3;6-7,9-10,12,14-15,27H,4-5,8,11H2,1-3H3/t20-;14-/m11/s1. The van der Waals surface area contributed by atoms with Gasteiger partial charge >= 0.3 is 0 Å². The van der Waals surface area contributed by atoms with E-state index in [2.05, 4.69) is 32.4 Å². The number of ether oxygens (including phenoxy) is 3. The van der Waals surface area contributed by atoms with Crippen molar-refractivity contribution in [3.05, 3.63) is 153 Å². The summed E-state index contributed by atoms with van der Waals surface area (Å²) in [6, 6.07) is 22.9. The first-order chi connectivity index (χ1) is 30.4. The molecule has 2 fully saturated rings. The van der Waals surface area contributed by atoms with Crippen molar-refractivity contribution in [2.45, 2.75) is 98.1 Å². The summed E-state index contributed by atoms with van der Waals surface area (Å²) in [5.41, 5.74) is 9.78. The molecule has 2 aliphatic carbocycles. The molecule has 4 heterocycles. The molecule has 14 heteroatoms. The van der Waals surface area contributed by atoms with Crippen LogP contribution in [0.1, 0.15) is 102 Å². The molecule has 7 aromatic rings. The molecule has 0 aliphatic heterocycles. The Hall–Kier alpha value is -6.12. The molecule has 0 radical (unpaired) electrons. The maximum Gasteiger partial charge on any atom is 0.233 e. The van der Waals surface area contributed by atoms with Gasteiger partial charge in [0.1, 0.15) is 11.6 Å². The third kappa shape index (κ3) is 10.7. The summed E-state index contributed by atoms with van der Waals surface area (Å²) < 4.78 is 52.7. The molecule has 2 atom stereocenters. The lowest BCUT2D eigenvalue weighted by Crippen LogP contribution is -2.10. The monoisotopic (exact) mass is 858 g/mol. The second kappa shape index (κ2) is 19.1. The first-order valence-corrected chi connectivity index (χ1v) is 21.7. The molecule has 9 rings (SSSR count). The molecule has 0 amide bonds. The van der Waals surface area contributed by atoms with Crippen molar-refractivity contribution in [2.24, 2.45) is 11.8 Å². The van der Waals surface area contributed by atoms with Crippen LogP contribution in [0.25, 0.3) is 11.4 Å². The smallest absolute Gasteiger partial charge is 0.233 e. The van der Waals surface area contributed by atoms with E-state index in [1.54, 1.807) is 38.0 Å². The number of methoxy groups -OCH3 is 2. The van der Waals surface area contributed by atoms with Crippen molar-refractivity contribution in [3.8, 4) is 23.1 Å². The number of aliphatic hydroxyl groups is 1. The number of aryl methyl sites for hydroxylation is 2. The molecule has 330 valence electrons. The van der Waals surface area contributed by atoms with Crippen LogP contribution in [0.4, 0.5) is 8.78 Å². The van der Waals surface area contributed by atoms with Crippen LogP contribution in [0.15, 0.2) is 91.3 Å². The van der Waals surface area contributed by atoms with E-state index in [0.29, 0.717) is 42.5 Å². The van der Waals surface area contributed by atoms with E-state index < -0.39 is 11.9 Å². The van der Waals surface area contributed by atoms with Crippen LogP contribution < -0.4 is 9.47 Å². The van der Waals surface area contributed by atoms with Gasteiger partial charge in [-0.1, -0.05) is 30.3 Å². The first kappa shape index (κ1) is 43.5. The van der Waals surface area contributed by atoms with E-state index in [9.17, 15) is 13.9 Å². The van der Waals surface area contributed by atoms with Crippen LogP contribution >= 0.6 is 0 Å². The van der Waals surface area contributed by atoms with E-state index in [0.717, 1.165) is 75.6 Å². The number of halogens is 2. The molecule has 63 heavy (non-hydrogen) atoms. The van der Waals surface area contributed by atoms with Crippen molar-refractivity contribution in [2.75, 3.05) is 14.2 Å². The van der Waals surface area contributed by atoms with Gasteiger partial charge < -0.3 is 19.3 Å². The summed E-state index contributed by atoms with van der Waals surface area (Å²) in [7, 11) is 3.17. The Bertz CT molecular complexity index is 2640. The Balaban J connectivity index is 0.000000177. The number of benzene rings is 3. The maximum atomic E-state index is 14.3. The van der Waals surface area contributed by atoms with Crippen molar-refractivity contribution in [3.63, 3.8) is 0 Å². The van der Waals surface area contributed by atoms with Crippen molar-refractivity contribution in [1.29, 1.82) is 0 Å². The van der Waals surface area contributed by atoms with E-state index in [4.69, 9.17) is 19.3 Å². The predicted octanol–water partition coefficient (Wildman–Crippen LogP) is 9.38. The second-order valence-electron chi connectivity index (χ2n) is 16.9. The maximum absolute atomic E-state index is 14.3. The number of hydrogen-bond donors (Lipinski definition) is 1. The van der Waals surface area contributed by atoms with Crippen molar-refractivity contribution >= 4 is 0 Å². The minimum absolute atomic E-state index is 0.309. The van der Waals surface area contributed by atoms with Gasteiger partial charge in [-0.3, -0.25) is 9.36 Å². The van der Waals surface area contributed by atoms with Gasteiger partial charge in [0.15, 0.2) is 0 Å². The molecule has 0 spiro atoms. The highest BCUT2D eigenvalue weighted by Gasteiger charge is 2.25. The minimum Gasteiger partial charge on any atom is -0.480 e. The van der Waals surface area contributed by atoms with Gasteiger partial charge in [0.2, 0.25) is 11.8 Å².